The van der Waals surface area contributed by atoms with E-state index in [1.807, 2.05) is 0 Å². The molecule has 19 nitrogen and oxygen atoms in total. The largest absolute Gasteiger partial charge is 0.466 e. The Morgan fingerprint density at radius 1 is 0.980 bits per heavy atom. The predicted octanol–water partition coefficient (Wildman–Crippen LogP) is -2.24. The molecular weight excluding hydrogens is 676 g/mol. The molecule has 1 unspecified atom stereocenters. The fraction of sp³-hybridized carbons (Fsp3) is 0.844. The van der Waals surface area contributed by atoms with E-state index in [1.165, 1.54) is 6.92 Å². The number of nitrogens with one attached hydrogen (secondary N) is 4. The fourth-order valence-electron chi connectivity index (χ4n) is 5.97. The molecule has 3 amide bonds. The summed E-state index contributed by atoms with van der Waals surface area (Å²) in [5.41, 5.74) is 9.24. The van der Waals surface area contributed by atoms with Crippen molar-refractivity contribution in [2.24, 2.45) is 11.5 Å². The summed E-state index contributed by atoms with van der Waals surface area (Å²) in [6.45, 7) is 10.8. The van der Waals surface area contributed by atoms with Crippen LogP contribution in [0.2, 0.25) is 0 Å². The number of hydrogen-bond acceptors (Lipinski definition) is 16. The maximum atomic E-state index is 13.0. The molecule has 12 N–H and O–H groups in total. The Bertz CT molecular complexity index is 1220. The van der Waals surface area contributed by atoms with Crippen LogP contribution in [-0.2, 0) is 33.2 Å². The molecule has 2 heterocycles. The fourth-order valence-corrected chi connectivity index (χ4v) is 5.97. The highest BCUT2D eigenvalue weighted by Crippen LogP contribution is 2.32. The summed E-state index contributed by atoms with van der Waals surface area (Å²) in [5, 5.41) is 54.4. The Labute approximate surface area is 298 Å². The highest BCUT2D eigenvalue weighted by Gasteiger charge is 2.52. The van der Waals surface area contributed by atoms with E-state index in [4.69, 9.17) is 39.9 Å². The highest BCUT2D eigenvalue weighted by molar-refractivity contribution is 5.81. The molecule has 294 valence electrons. The summed E-state index contributed by atoms with van der Waals surface area (Å²) >= 11 is 0. The van der Waals surface area contributed by atoms with Gasteiger partial charge in [-0.05, 0) is 74.4 Å². The van der Waals surface area contributed by atoms with Crippen molar-refractivity contribution in [3.63, 3.8) is 0 Å². The van der Waals surface area contributed by atoms with Crippen molar-refractivity contribution in [1.82, 2.24) is 21.3 Å². The topological polar surface area (TPSA) is 288 Å². The Balaban J connectivity index is 1.83. The normalized spacial score (nSPS) is 35.1. The first kappa shape index (κ1) is 42.6. The molecule has 1 saturated heterocycles. The van der Waals surface area contributed by atoms with Crippen LogP contribution in [-0.4, -0.2) is 149 Å². The Morgan fingerprint density at radius 2 is 1.59 bits per heavy atom. The van der Waals surface area contributed by atoms with Gasteiger partial charge in [-0.2, -0.15) is 0 Å². The highest BCUT2D eigenvalue weighted by atomic mass is 16.7. The quantitative estimate of drug-likeness (QED) is 0.107. The molecule has 1 aliphatic carbocycles. The summed E-state index contributed by atoms with van der Waals surface area (Å²) in [6.07, 6.45) is -9.71. The molecule has 0 aromatic rings. The SMILES string of the molecule is CN[C@@H]1[C@@H](O)[C@@H](O[C@H]2[C@H](N)C[C@H](NC(=O)OC(C)(C)C)C(O[C@H]3OC(CN)=CC[C@H]3NC(=O)[C@@H](O)CNC(=O)OC(C)(C)C)[C@@H]2O)OC[C@]1(C)O. The molecule has 2 aliphatic heterocycles. The number of nitrogens with two attached hydrogens (primary N) is 2. The van der Waals surface area contributed by atoms with Crippen LogP contribution < -0.4 is 32.7 Å². The Hall–Kier alpha value is -2.85. The van der Waals surface area contributed by atoms with Gasteiger partial charge in [0.15, 0.2) is 6.29 Å². The van der Waals surface area contributed by atoms with Crippen LogP contribution in [0.4, 0.5) is 9.59 Å². The van der Waals surface area contributed by atoms with E-state index in [0.717, 1.165) is 0 Å². The van der Waals surface area contributed by atoms with Gasteiger partial charge >= 0.3 is 12.2 Å². The second-order valence-corrected chi connectivity index (χ2v) is 15.2. The number of likely N-dealkylation sites (N-methyl/N-ethyl adjacent to an activating group) is 1. The van der Waals surface area contributed by atoms with E-state index in [-0.39, 0.29) is 26.0 Å². The summed E-state index contributed by atoms with van der Waals surface area (Å²) < 4.78 is 34.5. The van der Waals surface area contributed by atoms with Gasteiger partial charge in [0.1, 0.15) is 53.1 Å². The zero-order valence-corrected chi connectivity index (χ0v) is 30.6. The number of aliphatic hydroxyl groups excluding tert-OH is 3. The van der Waals surface area contributed by atoms with E-state index >= 15 is 0 Å². The maximum Gasteiger partial charge on any atom is 0.407 e. The van der Waals surface area contributed by atoms with Crippen molar-refractivity contribution in [3.05, 3.63) is 11.8 Å². The van der Waals surface area contributed by atoms with Gasteiger partial charge in [-0.1, -0.05) is 0 Å². The molecule has 0 bridgehead atoms. The summed E-state index contributed by atoms with van der Waals surface area (Å²) in [4.78, 5) is 38.0. The van der Waals surface area contributed by atoms with E-state index in [0.29, 0.717) is 5.76 Å². The molecule has 51 heavy (non-hydrogen) atoms. The lowest BCUT2D eigenvalue weighted by atomic mass is 9.83. The molecule has 0 aromatic carbocycles. The molecule has 0 radical (unpaired) electrons. The second kappa shape index (κ2) is 17.3. The number of ether oxygens (including phenoxy) is 6. The Morgan fingerprint density at radius 3 is 2.18 bits per heavy atom. The van der Waals surface area contributed by atoms with Gasteiger partial charge < -0.3 is 81.6 Å². The standard InChI is InChI=1S/C32H58N6O13/c1-30(2,3)50-28(43)36-13-19(39)25(42)37-17-10-9-15(12-33)47-26(17)49-23-18(38-29(44)51-31(4,5)6)11-16(34)22(20(23)40)48-27-21(41)24(35-8)32(7,45)14-46-27/h9,16-24,26-27,35,39-41,45H,10-14,33-34H2,1-8H3,(H,36,43)(H,37,42)(H,38,44)/t16-,17-,18+,19+,20-,21-,22+,23?,24-,26-,27-,32+/m1/s1. The molecule has 12 atom stereocenters. The molecule has 1 saturated carbocycles. The number of aliphatic hydroxyl groups is 4. The number of amides is 3. The number of hydrogen-bond donors (Lipinski definition) is 10. The van der Waals surface area contributed by atoms with Gasteiger partial charge in [-0.25, -0.2) is 9.59 Å². The average Bonchev–Trinajstić information content (AvgIpc) is 2.99. The lowest BCUT2D eigenvalue weighted by molar-refractivity contribution is -0.303. The van der Waals surface area contributed by atoms with Crippen LogP contribution in [0.1, 0.15) is 61.3 Å². The van der Waals surface area contributed by atoms with E-state index < -0.39 is 109 Å². The average molecular weight is 735 g/mol. The molecule has 0 spiro atoms. The van der Waals surface area contributed by atoms with Crippen molar-refractivity contribution in [2.75, 3.05) is 26.7 Å². The molecular formula is C32H58N6O13. The first-order valence-electron chi connectivity index (χ1n) is 17.0. The van der Waals surface area contributed by atoms with Gasteiger partial charge in [0.2, 0.25) is 6.29 Å². The van der Waals surface area contributed by atoms with Crippen LogP contribution in [0.15, 0.2) is 11.8 Å². The zero-order chi connectivity index (χ0) is 38.5. The monoisotopic (exact) mass is 734 g/mol. The van der Waals surface area contributed by atoms with Crippen LogP contribution in [0.5, 0.6) is 0 Å². The number of carbonyl (C=O) groups is 3. The van der Waals surface area contributed by atoms with Crippen LogP contribution in [0, 0.1) is 0 Å². The molecule has 19 heteroatoms. The van der Waals surface area contributed by atoms with Crippen molar-refractivity contribution in [1.29, 1.82) is 0 Å². The number of carbonyl (C=O) groups excluding carboxylic acids is 3. The van der Waals surface area contributed by atoms with Crippen molar-refractivity contribution < 1.29 is 63.2 Å². The molecule has 2 fully saturated rings. The van der Waals surface area contributed by atoms with Gasteiger partial charge in [0.25, 0.3) is 5.91 Å². The van der Waals surface area contributed by atoms with Crippen LogP contribution in [0.25, 0.3) is 0 Å². The number of alkyl carbamates (subject to hydrolysis) is 2. The van der Waals surface area contributed by atoms with E-state index in [2.05, 4.69) is 21.3 Å². The second-order valence-electron chi connectivity index (χ2n) is 15.2. The Kier molecular flexibility index (Phi) is 14.5. The van der Waals surface area contributed by atoms with E-state index in [9.17, 15) is 34.8 Å². The van der Waals surface area contributed by atoms with Crippen LogP contribution in [0.3, 0.4) is 0 Å². The van der Waals surface area contributed by atoms with Crippen molar-refractivity contribution >= 4 is 18.1 Å². The van der Waals surface area contributed by atoms with Gasteiger partial charge in [0, 0.05) is 6.04 Å². The first-order valence-corrected chi connectivity index (χ1v) is 17.0. The maximum absolute atomic E-state index is 13.0. The van der Waals surface area contributed by atoms with Gasteiger partial charge in [-0.3, -0.25) is 4.79 Å². The van der Waals surface area contributed by atoms with E-state index in [1.54, 1.807) is 54.7 Å². The minimum absolute atomic E-state index is 0.0139. The van der Waals surface area contributed by atoms with Gasteiger partial charge in [-0.15, -0.1) is 0 Å². The third kappa shape index (κ3) is 12.1. The van der Waals surface area contributed by atoms with Crippen molar-refractivity contribution in [3.8, 4) is 0 Å². The van der Waals surface area contributed by atoms with Crippen molar-refractivity contribution in [2.45, 2.75) is 145 Å². The zero-order valence-electron chi connectivity index (χ0n) is 30.6. The first-order chi connectivity index (χ1) is 23.5. The van der Waals surface area contributed by atoms with Crippen LogP contribution >= 0.6 is 0 Å². The third-order valence-electron chi connectivity index (χ3n) is 8.31. The molecule has 0 aromatic heterocycles. The summed E-state index contributed by atoms with van der Waals surface area (Å²) in [6, 6.07) is -3.71. The predicted molar refractivity (Wildman–Crippen MR) is 180 cm³/mol. The summed E-state index contributed by atoms with van der Waals surface area (Å²) in [5.74, 6) is -0.555. The minimum Gasteiger partial charge on any atom is -0.466 e. The molecule has 3 aliphatic rings. The third-order valence-corrected chi connectivity index (χ3v) is 8.31. The number of rotatable bonds is 11. The van der Waals surface area contributed by atoms with Gasteiger partial charge in [0.05, 0.1) is 37.8 Å². The summed E-state index contributed by atoms with van der Waals surface area (Å²) in [7, 11) is 1.56. The lowest BCUT2D eigenvalue weighted by Crippen LogP contribution is -2.69. The minimum atomic E-state index is -1.68. The smallest absolute Gasteiger partial charge is 0.407 e. The molecule has 3 rings (SSSR count). The lowest BCUT2D eigenvalue weighted by Gasteiger charge is -2.48.